The molecule has 0 radical (unpaired) electrons. The number of rotatable bonds is 5. The first-order valence-corrected chi connectivity index (χ1v) is 8.98. The zero-order valence-electron chi connectivity index (χ0n) is 15.2. The van der Waals surface area contributed by atoms with Gasteiger partial charge in [-0.15, -0.1) is 0 Å². The minimum absolute atomic E-state index is 0.148. The summed E-state index contributed by atoms with van der Waals surface area (Å²) >= 11 is 0. The largest absolute Gasteiger partial charge is 0.474 e. The number of hydrogen-bond donors (Lipinski definition) is 2. The molecule has 1 saturated carbocycles. The number of carbonyl (C=O) groups is 1. The Morgan fingerprint density at radius 2 is 1.89 bits per heavy atom. The molecular formula is C20H22FN3O3. The first-order chi connectivity index (χ1) is 12.8. The second-order valence-electron chi connectivity index (χ2n) is 7.59. The van der Waals surface area contributed by atoms with Crippen LogP contribution in [0.5, 0.6) is 5.88 Å². The van der Waals surface area contributed by atoms with Crippen LogP contribution in [0.15, 0.2) is 36.4 Å². The molecule has 1 aliphatic heterocycles. The molecule has 1 aliphatic carbocycles. The molecule has 27 heavy (non-hydrogen) atoms. The highest BCUT2D eigenvalue weighted by molar-refractivity contribution is 5.66. The van der Waals surface area contributed by atoms with Crippen molar-refractivity contribution in [3.8, 4) is 17.1 Å². The summed E-state index contributed by atoms with van der Waals surface area (Å²) in [5, 5.41) is 3.33. The van der Waals surface area contributed by atoms with Crippen LogP contribution in [0.25, 0.3) is 11.3 Å². The van der Waals surface area contributed by atoms with Crippen LogP contribution in [-0.4, -0.2) is 30.3 Å². The highest BCUT2D eigenvalue weighted by Gasteiger charge is 2.55. The van der Waals surface area contributed by atoms with Crippen molar-refractivity contribution in [2.75, 3.05) is 13.1 Å². The van der Waals surface area contributed by atoms with Crippen molar-refractivity contribution in [1.29, 1.82) is 0 Å². The number of halogens is 1. The van der Waals surface area contributed by atoms with Crippen molar-refractivity contribution in [3.05, 3.63) is 47.8 Å². The lowest BCUT2D eigenvalue weighted by Crippen LogP contribution is -2.29. The van der Waals surface area contributed by atoms with E-state index in [0.717, 1.165) is 18.7 Å². The van der Waals surface area contributed by atoms with Gasteiger partial charge in [-0.05, 0) is 44.2 Å². The third-order valence-corrected chi connectivity index (χ3v) is 5.26. The van der Waals surface area contributed by atoms with E-state index in [1.54, 1.807) is 38.1 Å². The summed E-state index contributed by atoms with van der Waals surface area (Å²) in [4.78, 5) is 15.9. The Kier molecular flexibility index (Phi) is 4.26. The Morgan fingerprint density at radius 1 is 1.22 bits per heavy atom. The van der Waals surface area contributed by atoms with Crippen molar-refractivity contribution in [3.63, 3.8) is 0 Å². The fraction of sp³-hybridized carbons (Fsp3) is 0.400. The number of ether oxygens (including phenoxy) is 2. The molecule has 2 unspecified atom stereocenters. The molecule has 2 atom stereocenters. The van der Waals surface area contributed by atoms with Crippen LogP contribution in [0, 0.1) is 17.7 Å². The van der Waals surface area contributed by atoms with Gasteiger partial charge in [0.2, 0.25) is 5.88 Å². The molecule has 0 spiro atoms. The lowest BCUT2D eigenvalue weighted by atomic mass is 9.96. The van der Waals surface area contributed by atoms with E-state index in [0.29, 0.717) is 29.0 Å². The summed E-state index contributed by atoms with van der Waals surface area (Å²) in [6.45, 7) is 5.41. The Bertz CT molecular complexity index is 859. The third kappa shape index (κ3) is 3.60. The summed E-state index contributed by atoms with van der Waals surface area (Å²) in [5.41, 5.74) is 6.33. The molecule has 142 valence electrons. The standard InChI is InChI=1S/C20H22FN3O3/c1-20(2,27-19(22)25)12-7-16(11-3-5-13(21)6-4-11)24-17(8-12)26-18-14-9-23-10-15(14)18/h3-8,14-15,18,23H,9-10H2,1-2H3,(H2,22,25). The number of benzene rings is 1. The van der Waals surface area contributed by atoms with Gasteiger partial charge >= 0.3 is 6.09 Å². The SMILES string of the molecule is CC(C)(OC(N)=O)c1cc(OC2C3CNCC32)nc(-c2ccc(F)cc2)c1. The number of amides is 1. The molecule has 4 rings (SSSR count). The van der Waals surface area contributed by atoms with Crippen molar-refractivity contribution in [2.24, 2.45) is 17.6 Å². The summed E-state index contributed by atoms with van der Waals surface area (Å²) in [6.07, 6.45) is -0.708. The van der Waals surface area contributed by atoms with Gasteiger partial charge in [0, 0.05) is 42.1 Å². The van der Waals surface area contributed by atoms with Crippen molar-refractivity contribution < 1.29 is 18.7 Å². The Morgan fingerprint density at radius 3 is 2.52 bits per heavy atom. The fourth-order valence-electron chi connectivity index (χ4n) is 3.67. The molecule has 3 N–H and O–H groups in total. The number of pyridine rings is 1. The quantitative estimate of drug-likeness (QED) is 0.844. The van der Waals surface area contributed by atoms with Gasteiger partial charge in [-0.25, -0.2) is 14.2 Å². The lowest BCUT2D eigenvalue weighted by Gasteiger charge is -2.25. The summed E-state index contributed by atoms with van der Waals surface area (Å²) in [6, 6.07) is 9.65. The maximum atomic E-state index is 13.3. The molecule has 1 aromatic carbocycles. The zero-order valence-corrected chi connectivity index (χ0v) is 15.2. The lowest BCUT2D eigenvalue weighted by molar-refractivity contribution is 0.0429. The molecule has 2 fully saturated rings. The van der Waals surface area contributed by atoms with Gasteiger partial charge in [0.1, 0.15) is 17.5 Å². The van der Waals surface area contributed by atoms with E-state index in [1.165, 1.54) is 12.1 Å². The van der Waals surface area contributed by atoms with Crippen molar-refractivity contribution in [1.82, 2.24) is 10.3 Å². The van der Waals surface area contributed by atoms with E-state index in [-0.39, 0.29) is 11.9 Å². The van der Waals surface area contributed by atoms with Crippen LogP contribution in [0.1, 0.15) is 19.4 Å². The fourth-order valence-corrected chi connectivity index (χ4v) is 3.67. The Hall–Kier alpha value is -2.67. The summed E-state index contributed by atoms with van der Waals surface area (Å²) < 4.78 is 24.7. The van der Waals surface area contributed by atoms with Gasteiger partial charge in [-0.1, -0.05) is 0 Å². The highest BCUT2D eigenvalue weighted by atomic mass is 19.1. The van der Waals surface area contributed by atoms with Gasteiger partial charge in [0.15, 0.2) is 0 Å². The minimum Gasteiger partial charge on any atom is -0.474 e. The molecule has 2 heterocycles. The number of aromatic nitrogens is 1. The molecular weight excluding hydrogens is 349 g/mol. The van der Waals surface area contributed by atoms with Crippen LogP contribution in [0.3, 0.4) is 0 Å². The second-order valence-corrected chi connectivity index (χ2v) is 7.59. The Labute approximate surface area is 156 Å². The summed E-state index contributed by atoms with van der Waals surface area (Å²) in [7, 11) is 0. The molecule has 1 saturated heterocycles. The third-order valence-electron chi connectivity index (χ3n) is 5.26. The average Bonchev–Trinajstić information content (AvgIpc) is 3.02. The Balaban J connectivity index is 1.69. The van der Waals surface area contributed by atoms with E-state index in [9.17, 15) is 9.18 Å². The maximum Gasteiger partial charge on any atom is 0.405 e. The number of carbonyl (C=O) groups excluding carboxylic acids is 1. The second kappa shape index (κ2) is 6.49. The number of primary amides is 1. The first-order valence-electron chi connectivity index (χ1n) is 8.98. The highest BCUT2D eigenvalue weighted by Crippen LogP contribution is 2.45. The van der Waals surface area contributed by atoms with Crippen LogP contribution in [0.4, 0.5) is 9.18 Å². The van der Waals surface area contributed by atoms with E-state index in [2.05, 4.69) is 10.3 Å². The van der Waals surface area contributed by atoms with Gasteiger partial charge in [0.05, 0.1) is 5.69 Å². The van der Waals surface area contributed by atoms with Gasteiger partial charge < -0.3 is 20.5 Å². The predicted octanol–water partition coefficient (Wildman–Crippen LogP) is 2.81. The monoisotopic (exact) mass is 371 g/mol. The minimum atomic E-state index is -0.956. The predicted molar refractivity (Wildman–Crippen MR) is 97.6 cm³/mol. The molecule has 1 amide bonds. The van der Waals surface area contributed by atoms with Gasteiger partial charge in [0.25, 0.3) is 0 Å². The number of nitrogens with two attached hydrogens (primary N) is 1. The van der Waals surface area contributed by atoms with E-state index in [1.807, 2.05) is 0 Å². The number of nitrogens with zero attached hydrogens (tertiary/aromatic N) is 1. The van der Waals surface area contributed by atoms with Crippen molar-refractivity contribution >= 4 is 6.09 Å². The molecule has 2 aliphatic rings. The van der Waals surface area contributed by atoms with E-state index in [4.69, 9.17) is 15.2 Å². The van der Waals surface area contributed by atoms with Crippen LogP contribution in [0.2, 0.25) is 0 Å². The zero-order chi connectivity index (χ0) is 19.2. The molecule has 2 aromatic rings. The normalized spacial score (nSPS) is 23.6. The number of hydrogen-bond acceptors (Lipinski definition) is 5. The van der Waals surface area contributed by atoms with Crippen molar-refractivity contribution in [2.45, 2.75) is 25.6 Å². The number of piperidine rings is 1. The maximum absolute atomic E-state index is 13.3. The molecule has 1 aromatic heterocycles. The average molecular weight is 371 g/mol. The van der Waals surface area contributed by atoms with Crippen LogP contribution >= 0.6 is 0 Å². The topological polar surface area (TPSA) is 86.5 Å². The van der Waals surface area contributed by atoms with Gasteiger partial charge in [-0.2, -0.15) is 0 Å². The number of nitrogens with one attached hydrogen (secondary N) is 1. The molecule has 7 heteroatoms. The van der Waals surface area contributed by atoms with Crippen LogP contribution < -0.4 is 15.8 Å². The van der Waals surface area contributed by atoms with Crippen LogP contribution in [-0.2, 0) is 10.3 Å². The summed E-state index contributed by atoms with van der Waals surface area (Å²) in [5.74, 6) is 1.17. The smallest absolute Gasteiger partial charge is 0.405 e. The number of fused-ring (bicyclic) bond motifs is 1. The first kappa shape index (κ1) is 17.7. The molecule has 6 nitrogen and oxygen atoms in total. The van der Waals surface area contributed by atoms with E-state index >= 15 is 0 Å². The van der Waals surface area contributed by atoms with Gasteiger partial charge in [-0.3, -0.25) is 0 Å². The molecule has 0 bridgehead atoms. The van der Waals surface area contributed by atoms with E-state index < -0.39 is 11.7 Å².